The molecule has 2 N–H and O–H groups in total. The third-order valence-corrected chi connectivity index (χ3v) is 3.99. The van der Waals surface area contributed by atoms with Crippen LogP contribution in [0.2, 0.25) is 0 Å². The van der Waals surface area contributed by atoms with Crippen molar-refractivity contribution in [1.82, 2.24) is 9.88 Å². The standard InChI is InChI=1S/C14H19N3O3/c18-14(19)13-12(4-1-5-15-13)16-7-11-8-17-6-2-3-10(17)9-20-11/h1,4-5,10-11,16H,2-3,6-9H2,(H,18,19). The average molecular weight is 277 g/mol. The van der Waals surface area contributed by atoms with Gasteiger partial charge in [0.05, 0.1) is 18.4 Å². The highest BCUT2D eigenvalue weighted by Crippen LogP contribution is 2.23. The molecule has 6 heteroatoms. The van der Waals surface area contributed by atoms with Gasteiger partial charge in [-0.2, -0.15) is 0 Å². The number of ether oxygens (including phenoxy) is 1. The van der Waals surface area contributed by atoms with E-state index in [0.717, 1.165) is 19.7 Å². The Morgan fingerprint density at radius 1 is 1.60 bits per heavy atom. The lowest BCUT2D eigenvalue weighted by Gasteiger charge is -2.35. The Morgan fingerprint density at radius 3 is 3.35 bits per heavy atom. The minimum absolute atomic E-state index is 0.0577. The molecule has 0 spiro atoms. The summed E-state index contributed by atoms with van der Waals surface area (Å²) in [5.74, 6) is -1.02. The van der Waals surface area contributed by atoms with Crippen LogP contribution in [0.4, 0.5) is 5.69 Å². The Hall–Kier alpha value is -1.66. The highest BCUT2D eigenvalue weighted by molar-refractivity contribution is 5.91. The van der Waals surface area contributed by atoms with Gasteiger partial charge in [-0.25, -0.2) is 9.78 Å². The summed E-state index contributed by atoms with van der Waals surface area (Å²) < 4.78 is 5.84. The number of pyridine rings is 1. The molecule has 0 radical (unpaired) electrons. The maximum atomic E-state index is 11.1. The largest absolute Gasteiger partial charge is 0.476 e. The Kier molecular flexibility index (Phi) is 3.84. The molecule has 2 aliphatic rings. The predicted octanol–water partition coefficient (Wildman–Crippen LogP) is 1.05. The molecule has 2 aliphatic heterocycles. The van der Waals surface area contributed by atoms with Crippen LogP contribution in [0.5, 0.6) is 0 Å². The second-order valence-corrected chi connectivity index (χ2v) is 5.33. The molecule has 0 amide bonds. The summed E-state index contributed by atoms with van der Waals surface area (Å²) >= 11 is 0. The maximum Gasteiger partial charge on any atom is 0.356 e. The van der Waals surface area contributed by atoms with E-state index < -0.39 is 5.97 Å². The number of anilines is 1. The van der Waals surface area contributed by atoms with Gasteiger partial charge in [0.15, 0.2) is 5.69 Å². The first-order valence-corrected chi connectivity index (χ1v) is 7.02. The number of aromatic carboxylic acids is 1. The average Bonchev–Trinajstić information content (AvgIpc) is 2.92. The molecular weight excluding hydrogens is 258 g/mol. The molecular formula is C14H19N3O3. The summed E-state index contributed by atoms with van der Waals surface area (Å²) in [4.78, 5) is 17.4. The van der Waals surface area contributed by atoms with Crippen molar-refractivity contribution in [3.8, 4) is 0 Å². The van der Waals surface area contributed by atoms with Gasteiger partial charge in [0, 0.05) is 25.3 Å². The molecule has 0 saturated carbocycles. The second-order valence-electron chi connectivity index (χ2n) is 5.33. The minimum atomic E-state index is -1.02. The zero-order valence-corrected chi connectivity index (χ0v) is 11.3. The summed E-state index contributed by atoms with van der Waals surface area (Å²) in [6, 6.07) is 4.05. The first kappa shape index (κ1) is 13.3. The summed E-state index contributed by atoms with van der Waals surface area (Å²) in [5.41, 5.74) is 0.606. The quantitative estimate of drug-likeness (QED) is 0.857. The first-order valence-electron chi connectivity index (χ1n) is 7.02. The normalized spacial score (nSPS) is 26.2. The van der Waals surface area contributed by atoms with Crippen LogP contribution in [0.25, 0.3) is 0 Å². The number of nitrogens with zero attached hydrogens (tertiary/aromatic N) is 2. The van der Waals surface area contributed by atoms with Gasteiger partial charge >= 0.3 is 5.97 Å². The number of carboxylic acids is 1. The van der Waals surface area contributed by atoms with Crippen molar-refractivity contribution in [3.63, 3.8) is 0 Å². The fraction of sp³-hybridized carbons (Fsp3) is 0.571. The fourth-order valence-corrected chi connectivity index (χ4v) is 2.95. The van der Waals surface area contributed by atoms with E-state index in [4.69, 9.17) is 9.84 Å². The van der Waals surface area contributed by atoms with Crippen molar-refractivity contribution >= 4 is 11.7 Å². The fourth-order valence-electron chi connectivity index (χ4n) is 2.95. The number of hydrogen-bond acceptors (Lipinski definition) is 5. The van der Waals surface area contributed by atoms with E-state index in [1.54, 1.807) is 12.1 Å². The van der Waals surface area contributed by atoms with Crippen molar-refractivity contribution in [2.24, 2.45) is 0 Å². The molecule has 0 aliphatic carbocycles. The van der Waals surface area contributed by atoms with Gasteiger partial charge in [-0.3, -0.25) is 4.90 Å². The maximum absolute atomic E-state index is 11.1. The van der Waals surface area contributed by atoms with Gasteiger partial charge < -0.3 is 15.2 Å². The third-order valence-electron chi connectivity index (χ3n) is 3.99. The number of rotatable bonds is 4. The summed E-state index contributed by atoms with van der Waals surface area (Å²) in [6.07, 6.45) is 4.07. The Bertz CT molecular complexity index is 494. The lowest BCUT2D eigenvalue weighted by molar-refractivity contribution is -0.0415. The topological polar surface area (TPSA) is 74.7 Å². The minimum Gasteiger partial charge on any atom is -0.476 e. The highest BCUT2D eigenvalue weighted by Gasteiger charge is 2.32. The molecule has 20 heavy (non-hydrogen) atoms. The molecule has 1 aromatic rings. The monoisotopic (exact) mass is 277 g/mol. The Morgan fingerprint density at radius 2 is 2.50 bits per heavy atom. The SMILES string of the molecule is O=C(O)c1ncccc1NCC1CN2CCCC2CO1. The van der Waals surface area contributed by atoms with E-state index in [1.165, 1.54) is 19.0 Å². The number of aromatic nitrogens is 1. The lowest BCUT2D eigenvalue weighted by Crippen LogP contribution is -2.48. The summed E-state index contributed by atoms with van der Waals surface area (Å²) in [5, 5.41) is 12.2. The van der Waals surface area contributed by atoms with Gasteiger partial charge in [-0.05, 0) is 31.5 Å². The van der Waals surface area contributed by atoms with E-state index in [1.807, 2.05) is 0 Å². The molecule has 2 unspecified atom stereocenters. The van der Waals surface area contributed by atoms with Crippen molar-refractivity contribution < 1.29 is 14.6 Å². The zero-order chi connectivity index (χ0) is 13.9. The van der Waals surface area contributed by atoms with E-state index >= 15 is 0 Å². The smallest absolute Gasteiger partial charge is 0.356 e. The van der Waals surface area contributed by atoms with E-state index in [-0.39, 0.29) is 11.8 Å². The molecule has 3 heterocycles. The van der Waals surface area contributed by atoms with E-state index in [9.17, 15) is 4.79 Å². The van der Waals surface area contributed by atoms with Crippen molar-refractivity contribution in [1.29, 1.82) is 0 Å². The van der Waals surface area contributed by atoms with Crippen LogP contribution in [-0.2, 0) is 4.74 Å². The molecule has 6 nitrogen and oxygen atoms in total. The number of morpholine rings is 1. The third kappa shape index (κ3) is 2.76. The first-order chi connectivity index (χ1) is 9.74. The number of hydrogen-bond donors (Lipinski definition) is 2. The van der Waals surface area contributed by atoms with E-state index in [2.05, 4.69) is 15.2 Å². The van der Waals surface area contributed by atoms with E-state index in [0.29, 0.717) is 18.3 Å². The van der Waals surface area contributed by atoms with Crippen molar-refractivity contribution in [2.45, 2.75) is 25.0 Å². The van der Waals surface area contributed by atoms with Crippen molar-refractivity contribution in [2.75, 3.05) is 31.6 Å². The lowest BCUT2D eigenvalue weighted by atomic mass is 10.2. The van der Waals surface area contributed by atoms with Gasteiger partial charge in [0.2, 0.25) is 0 Å². The number of carboxylic acid groups (broad SMARTS) is 1. The molecule has 1 aromatic heterocycles. The van der Waals surface area contributed by atoms with Crippen LogP contribution in [0.3, 0.4) is 0 Å². The number of carbonyl (C=O) groups is 1. The molecule has 108 valence electrons. The van der Waals surface area contributed by atoms with Crippen LogP contribution >= 0.6 is 0 Å². The van der Waals surface area contributed by atoms with Crippen LogP contribution in [0.1, 0.15) is 23.3 Å². The van der Waals surface area contributed by atoms with Crippen LogP contribution < -0.4 is 5.32 Å². The second kappa shape index (κ2) is 5.76. The molecule has 2 fully saturated rings. The number of nitrogens with one attached hydrogen (secondary N) is 1. The predicted molar refractivity (Wildman–Crippen MR) is 74.0 cm³/mol. The van der Waals surface area contributed by atoms with Crippen LogP contribution in [0.15, 0.2) is 18.3 Å². The van der Waals surface area contributed by atoms with Gasteiger partial charge in [-0.15, -0.1) is 0 Å². The van der Waals surface area contributed by atoms with Crippen LogP contribution in [0, 0.1) is 0 Å². The zero-order valence-electron chi connectivity index (χ0n) is 11.3. The Balaban J connectivity index is 1.58. The molecule has 3 rings (SSSR count). The molecule has 0 bridgehead atoms. The van der Waals surface area contributed by atoms with Crippen LogP contribution in [-0.4, -0.2) is 59.3 Å². The highest BCUT2D eigenvalue weighted by atomic mass is 16.5. The van der Waals surface area contributed by atoms with Crippen molar-refractivity contribution in [3.05, 3.63) is 24.0 Å². The summed E-state index contributed by atoms with van der Waals surface area (Å²) in [7, 11) is 0. The molecule has 2 saturated heterocycles. The molecule has 2 atom stereocenters. The molecule has 0 aromatic carbocycles. The van der Waals surface area contributed by atoms with Gasteiger partial charge in [0.25, 0.3) is 0 Å². The summed E-state index contributed by atoms with van der Waals surface area (Å²) in [6.45, 7) is 3.46. The number of fused-ring (bicyclic) bond motifs is 1. The van der Waals surface area contributed by atoms with Gasteiger partial charge in [-0.1, -0.05) is 0 Å². The Labute approximate surface area is 117 Å². The van der Waals surface area contributed by atoms with Gasteiger partial charge in [0.1, 0.15) is 0 Å².